The fourth-order valence-corrected chi connectivity index (χ4v) is 6.15. The van der Waals surface area contributed by atoms with Gasteiger partial charge < -0.3 is 9.16 Å². The SMILES string of the molecule is COc1ccccc1O[Si](C)(CCBr)C(C)(C)C. The van der Waals surface area contributed by atoms with Gasteiger partial charge in [0.1, 0.15) is 5.75 Å². The topological polar surface area (TPSA) is 18.5 Å². The first-order valence-corrected chi connectivity index (χ1v) is 9.96. The molecule has 0 saturated heterocycles. The largest absolute Gasteiger partial charge is 0.541 e. The summed E-state index contributed by atoms with van der Waals surface area (Å²) < 4.78 is 11.8. The highest BCUT2D eigenvalue weighted by molar-refractivity contribution is 9.09. The minimum atomic E-state index is -1.87. The maximum atomic E-state index is 6.41. The van der Waals surface area contributed by atoms with Crippen molar-refractivity contribution in [2.24, 2.45) is 0 Å². The third-order valence-electron chi connectivity index (χ3n) is 3.56. The number of halogens is 1. The van der Waals surface area contributed by atoms with E-state index in [9.17, 15) is 0 Å². The Morgan fingerprint density at radius 3 is 2.17 bits per heavy atom. The molecule has 0 amide bonds. The van der Waals surface area contributed by atoms with E-state index in [1.54, 1.807) is 7.11 Å². The zero-order chi connectivity index (χ0) is 13.8. The molecule has 0 bridgehead atoms. The molecule has 1 aromatic rings. The predicted molar refractivity (Wildman–Crippen MR) is 83.6 cm³/mol. The van der Waals surface area contributed by atoms with Gasteiger partial charge in [0.15, 0.2) is 5.75 Å². The number of alkyl halides is 1. The van der Waals surface area contributed by atoms with E-state index in [1.165, 1.54) is 0 Å². The number of methoxy groups -OCH3 is 1. The van der Waals surface area contributed by atoms with Gasteiger partial charge in [0.05, 0.1) is 7.11 Å². The summed E-state index contributed by atoms with van der Waals surface area (Å²) in [7, 11) is -0.183. The summed E-state index contributed by atoms with van der Waals surface area (Å²) in [5.74, 6) is 1.68. The smallest absolute Gasteiger partial charge is 0.254 e. The average molecular weight is 331 g/mol. The van der Waals surface area contributed by atoms with Crippen LogP contribution in [0.2, 0.25) is 17.6 Å². The predicted octanol–water partition coefficient (Wildman–Crippen LogP) is 4.84. The van der Waals surface area contributed by atoms with Crippen LogP contribution < -0.4 is 9.16 Å². The lowest BCUT2D eigenvalue weighted by Gasteiger charge is -2.39. The minimum Gasteiger partial charge on any atom is -0.541 e. The quantitative estimate of drug-likeness (QED) is 0.567. The molecule has 0 aliphatic heterocycles. The van der Waals surface area contributed by atoms with Crippen molar-refractivity contribution in [2.45, 2.75) is 38.4 Å². The van der Waals surface area contributed by atoms with Crippen molar-refractivity contribution in [3.8, 4) is 11.5 Å². The molecular weight excluding hydrogens is 308 g/mol. The average Bonchev–Trinajstić information content (AvgIpc) is 2.28. The molecule has 0 saturated carbocycles. The van der Waals surface area contributed by atoms with Crippen molar-refractivity contribution in [1.82, 2.24) is 0 Å². The molecule has 0 fully saturated rings. The molecule has 1 aromatic carbocycles. The summed E-state index contributed by atoms with van der Waals surface area (Å²) in [6.07, 6.45) is 0. The normalized spacial score (nSPS) is 15.0. The summed E-state index contributed by atoms with van der Waals surface area (Å²) in [5, 5.41) is 1.16. The molecule has 0 aromatic heterocycles. The second kappa shape index (κ2) is 6.11. The Hall–Kier alpha value is -0.483. The van der Waals surface area contributed by atoms with Gasteiger partial charge in [-0.15, -0.1) is 0 Å². The van der Waals surface area contributed by atoms with Crippen LogP contribution in [0.5, 0.6) is 11.5 Å². The van der Waals surface area contributed by atoms with Crippen LogP contribution in [0.4, 0.5) is 0 Å². The van der Waals surface area contributed by atoms with Crippen molar-refractivity contribution < 1.29 is 9.16 Å². The van der Waals surface area contributed by atoms with Crippen molar-refractivity contribution >= 4 is 24.2 Å². The van der Waals surface area contributed by atoms with Crippen LogP contribution in [0.3, 0.4) is 0 Å². The van der Waals surface area contributed by atoms with Crippen LogP contribution in [0.1, 0.15) is 20.8 Å². The van der Waals surface area contributed by atoms with Gasteiger partial charge >= 0.3 is 0 Å². The Labute approximate surface area is 120 Å². The third kappa shape index (κ3) is 3.51. The van der Waals surface area contributed by atoms with Gasteiger partial charge in [-0.2, -0.15) is 0 Å². The first-order chi connectivity index (χ1) is 8.34. The molecule has 102 valence electrons. The molecule has 0 heterocycles. The molecule has 0 spiro atoms. The first kappa shape index (κ1) is 15.6. The standard InChI is InChI=1S/C14H23BrO2Si/c1-14(2,3)18(5,11-10-15)17-13-9-7-6-8-12(13)16-4/h6-9H,10-11H2,1-5H3. The van der Waals surface area contributed by atoms with E-state index in [-0.39, 0.29) is 5.04 Å². The summed E-state index contributed by atoms with van der Waals surface area (Å²) in [4.78, 5) is 0. The van der Waals surface area contributed by atoms with Gasteiger partial charge in [-0.1, -0.05) is 48.8 Å². The van der Waals surface area contributed by atoms with Gasteiger partial charge in [0, 0.05) is 5.33 Å². The highest BCUT2D eigenvalue weighted by Crippen LogP contribution is 2.42. The Morgan fingerprint density at radius 2 is 1.72 bits per heavy atom. The fourth-order valence-electron chi connectivity index (χ4n) is 1.71. The summed E-state index contributed by atoms with van der Waals surface area (Å²) in [6, 6.07) is 8.97. The fraction of sp³-hybridized carbons (Fsp3) is 0.571. The van der Waals surface area contributed by atoms with Crippen molar-refractivity contribution in [1.29, 1.82) is 0 Å². The number of para-hydroxylation sites is 2. The maximum absolute atomic E-state index is 6.41. The van der Waals surface area contributed by atoms with Crippen LogP contribution >= 0.6 is 15.9 Å². The monoisotopic (exact) mass is 330 g/mol. The maximum Gasteiger partial charge on any atom is 0.254 e. The third-order valence-corrected chi connectivity index (χ3v) is 9.74. The van der Waals surface area contributed by atoms with Crippen LogP contribution in [-0.4, -0.2) is 20.8 Å². The van der Waals surface area contributed by atoms with E-state index in [1.807, 2.05) is 24.3 Å². The van der Waals surface area contributed by atoms with Crippen LogP contribution in [-0.2, 0) is 0 Å². The Kier molecular flexibility index (Phi) is 5.28. The summed E-state index contributed by atoms with van der Waals surface area (Å²) in [5.41, 5.74) is 0. The van der Waals surface area contributed by atoms with Gasteiger partial charge in [-0.3, -0.25) is 0 Å². The van der Waals surface area contributed by atoms with E-state index >= 15 is 0 Å². The van der Waals surface area contributed by atoms with E-state index in [0.717, 1.165) is 22.9 Å². The van der Waals surface area contributed by atoms with E-state index in [2.05, 4.69) is 43.2 Å². The number of rotatable bonds is 5. The molecule has 1 unspecified atom stereocenters. The van der Waals surface area contributed by atoms with Crippen molar-refractivity contribution in [2.75, 3.05) is 12.4 Å². The van der Waals surface area contributed by atoms with Gasteiger partial charge in [0.25, 0.3) is 8.32 Å². The molecule has 1 atom stereocenters. The molecule has 18 heavy (non-hydrogen) atoms. The Balaban J connectivity index is 3.04. The second-order valence-corrected chi connectivity index (χ2v) is 11.1. The molecule has 0 aliphatic rings. The molecule has 0 radical (unpaired) electrons. The molecular formula is C14H23BrO2Si. The number of hydrogen-bond acceptors (Lipinski definition) is 2. The minimum absolute atomic E-state index is 0.182. The van der Waals surface area contributed by atoms with Crippen molar-refractivity contribution in [3.63, 3.8) is 0 Å². The van der Waals surface area contributed by atoms with Gasteiger partial charge in [0.2, 0.25) is 0 Å². The summed E-state index contributed by atoms with van der Waals surface area (Å²) in [6.45, 7) is 9.08. The lowest BCUT2D eigenvalue weighted by Crippen LogP contribution is -2.47. The number of ether oxygens (including phenoxy) is 1. The Bertz CT molecular complexity index is 390. The molecule has 0 N–H and O–H groups in total. The van der Waals surface area contributed by atoms with Crippen LogP contribution in [0, 0.1) is 0 Å². The van der Waals surface area contributed by atoms with E-state index in [4.69, 9.17) is 9.16 Å². The van der Waals surface area contributed by atoms with E-state index < -0.39 is 8.32 Å². The zero-order valence-corrected chi connectivity index (χ0v) is 14.5. The number of benzene rings is 1. The lowest BCUT2D eigenvalue weighted by molar-refractivity contribution is 0.384. The van der Waals surface area contributed by atoms with Gasteiger partial charge in [-0.05, 0) is 29.8 Å². The molecule has 2 nitrogen and oxygen atoms in total. The van der Waals surface area contributed by atoms with E-state index in [0.29, 0.717) is 0 Å². The number of hydrogen-bond donors (Lipinski definition) is 0. The highest BCUT2D eigenvalue weighted by Gasteiger charge is 2.43. The van der Waals surface area contributed by atoms with Crippen molar-refractivity contribution in [3.05, 3.63) is 24.3 Å². The van der Waals surface area contributed by atoms with Crippen LogP contribution in [0.15, 0.2) is 24.3 Å². The summed E-state index contributed by atoms with van der Waals surface area (Å²) >= 11 is 3.55. The van der Waals surface area contributed by atoms with Gasteiger partial charge in [-0.25, -0.2) is 0 Å². The second-order valence-electron chi connectivity index (χ2n) is 5.67. The Morgan fingerprint density at radius 1 is 1.17 bits per heavy atom. The van der Waals surface area contributed by atoms with Crippen LogP contribution in [0.25, 0.3) is 0 Å². The molecule has 4 heteroatoms. The lowest BCUT2D eigenvalue weighted by atomic mass is 10.2. The molecule has 1 rings (SSSR count). The zero-order valence-electron chi connectivity index (χ0n) is 11.9. The molecule has 0 aliphatic carbocycles. The first-order valence-electron chi connectivity index (χ1n) is 6.22. The highest BCUT2D eigenvalue weighted by atomic mass is 79.9.